The molecule has 0 fully saturated rings. The number of rotatable bonds is 3. The molecule has 0 amide bonds. The molecule has 96 valence electrons. The Kier molecular flexibility index (Phi) is 3.67. The van der Waals surface area contributed by atoms with E-state index in [1.807, 2.05) is 44.2 Å². The van der Waals surface area contributed by atoms with E-state index in [4.69, 9.17) is 5.73 Å². The number of pyridine rings is 1. The average Bonchev–Trinajstić information content (AvgIpc) is 2.37. The normalized spacial score (nSPS) is 9.95. The van der Waals surface area contributed by atoms with E-state index in [0.717, 1.165) is 28.3 Å². The standard InChI is InChI=1S/C15H16N4/c1-10-7-15(13(8-16)11(2)19-10)18-9-12-5-3-4-6-14(12)17/h3-7H,9,17H2,1-2H3,(H,18,19). The third kappa shape index (κ3) is 2.83. The van der Waals surface area contributed by atoms with E-state index < -0.39 is 0 Å². The van der Waals surface area contributed by atoms with E-state index in [0.29, 0.717) is 12.1 Å². The van der Waals surface area contributed by atoms with Gasteiger partial charge in [0.05, 0.1) is 16.9 Å². The maximum atomic E-state index is 9.19. The van der Waals surface area contributed by atoms with Gasteiger partial charge in [-0.1, -0.05) is 18.2 Å². The van der Waals surface area contributed by atoms with Crippen LogP contribution in [0.1, 0.15) is 22.5 Å². The molecule has 3 N–H and O–H groups in total. The molecule has 1 aromatic carbocycles. The summed E-state index contributed by atoms with van der Waals surface area (Å²) in [5.41, 5.74) is 10.7. The number of nitrogens with one attached hydrogen (secondary N) is 1. The molecule has 0 radical (unpaired) electrons. The van der Waals surface area contributed by atoms with E-state index >= 15 is 0 Å². The summed E-state index contributed by atoms with van der Waals surface area (Å²) in [5.74, 6) is 0. The number of anilines is 2. The summed E-state index contributed by atoms with van der Waals surface area (Å²) in [6.07, 6.45) is 0. The van der Waals surface area contributed by atoms with Gasteiger partial charge in [0, 0.05) is 17.9 Å². The second-order valence-corrected chi connectivity index (χ2v) is 4.44. The highest BCUT2D eigenvalue weighted by molar-refractivity contribution is 5.60. The molecule has 2 aromatic rings. The van der Waals surface area contributed by atoms with Crippen molar-refractivity contribution < 1.29 is 0 Å². The van der Waals surface area contributed by atoms with Gasteiger partial charge in [0.2, 0.25) is 0 Å². The van der Waals surface area contributed by atoms with E-state index in [2.05, 4.69) is 16.4 Å². The molecule has 1 heterocycles. The van der Waals surface area contributed by atoms with Gasteiger partial charge in [0.1, 0.15) is 6.07 Å². The van der Waals surface area contributed by atoms with Gasteiger partial charge in [-0.05, 0) is 31.5 Å². The van der Waals surface area contributed by atoms with Gasteiger partial charge in [0.15, 0.2) is 0 Å². The van der Waals surface area contributed by atoms with Crippen molar-refractivity contribution in [2.45, 2.75) is 20.4 Å². The van der Waals surface area contributed by atoms with Crippen LogP contribution < -0.4 is 11.1 Å². The molecule has 1 aromatic heterocycles. The Labute approximate surface area is 112 Å². The first kappa shape index (κ1) is 12.9. The summed E-state index contributed by atoms with van der Waals surface area (Å²) < 4.78 is 0. The molecule has 2 rings (SSSR count). The van der Waals surface area contributed by atoms with Crippen LogP contribution in [0.4, 0.5) is 11.4 Å². The third-order valence-corrected chi connectivity index (χ3v) is 2.96. The summed E-state index contributed by atoms with van der Waals surface area (Å²) in [6.45, 7) is 4.34. The maximum absolute atomic E-state index is 9.19. The SMILES string of the molecule is Cc1cc(NCc2ccccc2N)c(C#N)c(C)n1. The molecule has 4 heteroatoms. The first-order valence-corrected chi connectivity index (χ1v) is 6.07. The first-order chi connectivity index (χ1) is 9.11. The van der Waals surface area contributed by atoms with Crippen LogP contribution in [0, 0.1) is 25.2 Å². The van der Waals surface area contributed by atoms with E-state index in [1.165, 1.54) is 0 Å². The summed E-state index contributed by atoms with van der Waals surface area (Å²) in [6, 6.07) is 11.7. The predicted molar refractivity (Wildman–Crippen MR) is 76.6 cm³/mol. The van der Waals surface area contributed by atoms with Crippen molar-refractivity contribution in [3.63, 3.8) is 0 Å². The lowest BCUT2D eigenvalue weighted by Crippen LogP contribution is -2.06. The number of nitriles is 1. The second kappa shape index (κ2) is 5.40. The zero-order valence-corrected chi connectivity index (χ0v) is 11.1. The van der Waals surface area contributed by atoms with Crippen molar-refractivity contribution in [2.24, 2.45) is 0 Å². The van der Waals surface area contributed by atoms with Crippen molar-refractivity contribution in [1.82, 2.24) is 4.98 Å². The Morgan fingerprint density at radius 1 is 1.32 bits per heavy atom. The lowest BCUT2D eigenvalue weighted by atomic mass is 10.1. The first-order valence-electron chi connectivity index (χ1n) is 6.07. The summed E-state index contributed by atoms with van der Waals surface area (Å²) in [4.78, 5) is 4.29. The summed E-state index contributed by atoms with van der Waals surface area (Å²) >= 11 is 0. The number of nitrogens with two attached hydrogens (primary N) is 1. The number of benzene rings is 1. The van der Waals surface area contributed by atoms with Crippen LogP contribution >= 0.6 is 0 Å². The zero-order chi connectivity index (χ0) is 13.8. The lowest BCUT2D eigenvalue weighted by Gasteiger charge is -2.12. The molecule has 0 bridgehead atoms. The Hall–Kier alpha value is -2.54. The van der Waals surface area contributed by atoms with Crippen LogP contribution in [0.25, 0.3) is 0 Å². The van der Waals surface area contributed by atoms with E-state index in [9.17, 15) is 5.26 Å². The molecule has 0 saturated carbocycles. The van der Waals surface area contributed by atoms with Crippen LogP contribution in [0.5, 0.6) is 0 Å². The molecule has 0 aliphatic carbocycles. The fourth-order valence-corrected chi connectivity index (χ4v) is 1.99. The third-order valence-electron chi connectivity index (χ3n) is 2.96. The minimum absolute atomic E-state index is 0.583. The molecule has 4 nitrogen and oxygen atoms in total. The number of nitrogen functional groups attached to an aromatic ring is 1. The number of aromatic nitrogens is 1. The zero-order valence-electron chi connectivity index (χ0n) is 11.1. The highest BCUT2D eigenvalue weighted by atomic mass is 14.9. The van der Waals surface area contributed by atoms with Crippen LogP contribution in [-0.2, 0) is 6.54 Å². The van der Waals surface area contributed by atoms with E-state index in [1.54, 1.807) is 0 Å². The van der Waals surface area contributed by atoms with Crippen molar-refractivity contribution in [1.29, 1.82) is 5.26 Å². The summed E-state index contributed by atoms with van der Waals surface area (Å²) in [5, 5.41) is 12.4. The molecule has 0 saturated heterocycles. The Balaban J connectivity index is 2.25. The average molecular weight is 252 g/mol. The quantitative estimate of drug-likeness (QED) is 0.824. The molecule has 19 heavy (non-hydrogen) atoms. The highest BCUT2D eigenvalue weighted by Gasteiger charge is 2.08. The number of hydrogen-bond acceptors (Lipinski definition) is 4. The van der Waals surface area contributed by atoms with Gasteiger partial charge in [-0.2, -0.15) is 5.26 Å². The van der Waals surface area contributed by atoms with Gasteiger partial charge >= 0.3 is 0 Å². The summed E-state index contributed by atoms with van der Waals surface area (Å²) in [7, 11) is 0. The second-order valence-electron chi connectivity index (χ2n) is 4.44. The van der Waals surface area contributed by atoms with Crippen LogP contribution in [0.3, 0.4) is 0 Å². The Morgan fingerprint density at radius 3 is 2.74 bits per heavy atom. The Bertz CT molecular complexity index is 641. The van der Waals surface area contributed by atoms with Crippen molar-refractivity contribution >= 4 is 11.4 Å². The monoisotopic (exact) mass is 252 g/mol. The Morgan fingerprint density at radius 2 is 2.05 bits per heavy atom. The molecule has 0 atom stereocenters. The fraction of sp³-hybridized carbons (Fsp3) is 0.200. The van der Waals surface area contributed by atoms with Crippen molar-refractivity contribution in [3.05, 3.63) is 52.8 Å². The van der Waals surface area contributed by atoms with Crippen LogP contribution in [0.2, 0.25) is 0 Å². The molecular weight excluding hydrogens is 236 g/mol. The number of aryl methyl sites for hydroxylation is 2. The highest BCUT2D eigenvalue weighted by Crippen LogP contribution is 2.20. The topological polar surface area (TPSA) is 74.7 Å². The largest absolute Gasteiger partial charge is 0.398 e. The van der Waals surface area contributed by atoms with Gasteiger partial charge in [0.25, 0.3) is 0 Å². The molecule has 0 spiro atoms. The van der Waals surface area contributed by atoms with E-state index in [-0.39, 0.29) is 0 Å². The van der Waals surface area contributed by atoms with Crippen LogP contribution in [0.15, 0.2) is 30.3 Å². The molecule has 0 unspecified atom stereocenters. The predicted octanol–water partition coefficient (Wildman–Crippen LogP) is 2.76. The van der Waals surface area contributed by atoms with Gasteiger partial charge in [-0.3, -0.25) is 4.98 Å². The van der Waals surface area contributed by atoms with Gasteiger partial charge in [-0.25, -0.2) is 0 Å². The van der Waals surface area contributed by atoms with Crippen molar-refractivity contribution in [3.8, 4) is 6.07 Å². The molecule has 0 aliphatic heterocycles. The maximum Gasteiger partial charge on any atom is 0.103 e. The van der Waals surface area contributed by atoms with Crippen LogP contribution in [-0.4, -0.2) is 4.98 Å². The number of nitrogens with zero attached hydrogens (tertiary/aromatic N) is 2. The smallest absolute Gasteiger partial charge is 0.103 e. The molecular formula is C15H16N4. The van der Waals surface area contributed by atoms with Gasteiger partial charge < -0.3 is 11.1 Å². The number of para-hydroxylation sites is 1. The van der Waals surface area contributed by atoms with Crippen molar-refractivity contribution in [2.75, 3.05) is 11.1 Å². The fourth-order valence-electron chi connectivity index (χ4n) is 1.99. The van der Waals surface area contributed by atoms with Gasteiger partial charge in [-0.15, -0.1) is 0 Å². The minimum Gasteiger partial charge on any atom is -0.398 e. The minimum atomic E-state index is 0.583. The molecule has 0 aliphatic rings. The number of hydrogen-bond donors (Lipinski definition) is 2. The lowest BCUT2D eigenvalue weighted by molar-refractivity contribution is 1.08.